The molecule has 0 bridgehead atoms. The van der Waals surface area contributed by atoms with Gasteiger partial charge in [0.25, 0.3) is 0 Å². The highest BCUT2D eigenvalue weighted by Gasteiger charge is 2.19. The van der Waals surface area contributed by atoms with E-state index in [-0.39, 0.29) is 4.90 Å². The van der Waals surface area contributed by atoms with Crippen molar-refractivity contribution in [2.75, 3.05) is 6.61 Å². The van der Waals surface area contributed by atoms with E-state index < -0.39 is 27.7 Å². The molecule has 0 radical (unpaired) electrons. The maximum absolute atomic E-state index is 13.2. The maximum atomic E-state index is 13.2. The number of halogens is 2. The third-order valence-electron chi connectivity index (χ3n) is 3.22. The molecule has 1 N–H and O–H groups in total. The van der Waals surface area contributed by atoms with E-state index in [4.69, 9.17) is 4.74 Å². The molecule has 4 nitrogen and oxygen atoms in total. The predicted molar refractivity (Wildman–Crippen MR) is 82.7 cm³/mol. The lowest BCUT2D eigenvalue weighted by molar-refractivity contribution is 0.340. The van der Waals surface area contributed by atoms with E-state index in [0.29, 0.717) is 17.9 Å². The van der Waals surface area contributed by atoms with Gasteiger partial charge < -0.3 is 4.74 Å². The Bertz CT molecular complexity index is 776. The summed E-state index contributed by atoms with van der Waals surface area (Å²) in [6.45, 7) is 3.87. The van der Waals surface area contributed by atoms with Gasteiger partial charge >= 0.3 is 0 Å². The summed E-state index contributed by atoms with van der Waals surface area (Å²) in [5, 5.41) is 0. The van der Waals surface area contributed by atoms with Gasteiger partial charge in [-0.3, -0.25) is 0 Å². The van der Waals surface area contributed by atoms with E-state index >= 15 is 0 Å². The van der Waals surface area contributed by atoms with Gasteiger partial charge in [0.1, 0.15) is 5.75 Å². The summed E-state index contributed by atoms with van der Waals surface area (Å²) in [7, 11) is -3.78. The van der Waals surface area contributed by atoms with Crippen LogP contribution in [0.2, 0.25) is 0 Å². The number of sulfonamides is 1. The van der Waals surface area contributed by atoms with Crippen LogP contribution in [0.15, 0.2) is 47.4 Å². The Balaban J connectivity index is 2.17. The highest BCUT2D eigenvalue weighted by atomic mass is 32.2. The van der Waals surface area contributed by atoms with Gasteiger partial charge in [-0.2, -0.15) is 0 Å². The molecule has 124 valence electrons. The maximum Gasteiger partial charge on any atom is 0.241 e. The van der Waals surface area contributed by atoms with Gasteiger partial charge in [-0.15, -0.1) is 0 Å². The normalized spacial score (nSPS) is 12.9. The average molecular weight is 341 g/mol. The van der Waals surface area contributed by atoms with Gasteiger partial charge in [-0.1, -0.05) is 6.07 Å². The summed E-state index contributed by atoms with van der Waals surface area (Å²) in [4.78, 5) is 0.0652. The fourth-order valence-corrected chi connectivity index (χ4v) is 3.26. The van der Waals surface area contributed by atoms with Crippen molar-refractivity contribution in [3.05, 3.63) is 59.7 Å². The lowest BCUT2D eigenvalue weighted by Gasteiger charge is -2.15. The minimum Gasteiger partial charge on any atom is -0.494 e. The highest BCUT2D eigenvalue weighted by Crippen LogP contribution is 2.20. The van der Waals surface area contributed by atoms with Crippen molar-refractivity contribution in [2.45, 2.75) is 24.8 Å². The van der Waals surface area contributed by atoms with Crippen LogP contribution in [0.3, 0.4) is 0 Å². The molecule has 0 aliphatic rings. The molecule has 0 saturated heterocycles. The van der Waals surface area contributed by atoms with Crippen LogP contribution in [0, 0.1) is 11.6 Å². The van der Waals surface area contributed by atoms with Crippen LogP contribution in [0.4, 0.5) is 8.78 Å². The average Bonchev–Trinajstić information content (AvgIpc) is 2.50. The zero-order chi connectivity index (χ0) is 17.0. The molecule has 0 aliphatic carbocycles. The summed E-state index contributed by atoms with van der Waals surface area (Å²) in [5.74, 6) is -1.43. The van der Waals surface area contributed by atoms with Crippen molar-refractivity contribution in [1.29, 1.82) is 0 Å². The summed E-state index contributed by atoms with van der Waals surface area (Å²) in [6.07, 6.45) is 0. The minimum absolute atomic E-state index is 0.0652. The Morgan fingerprint density at radius 3 is 2.30 bits per heavy atom. The Labute approximate surface area is 134 Å². The summed E-state index contributed by atoms with van der Waals surface area (Å²) in [6, 6.07) is 8.52. The Kier molecular flexibility index (Phi) is 5.33. The number of hydrogen-bond acceptors (Lipinski definition) is 3. The monoisotopic (exact) mass is 341 g/mol. The first-order valence-electron chi connectivity index (χ1n) is 7.03. The zero-order valence-electron chi connectivity index (χ0n) is 12.7. The standard InChI is InChI=1S/C16H17F2NO3S/c1-3-22-13-5-7-14(8-6-13)23(20,21)19-11(2)12-4-9-15(17)16(18)10-12/h4-11,19H,3H2,1-2H3. The molecule has 0 spiro atoms. The first kappa shape index (κ1) is 17.4. The van der Waals surface area contributed by atoms with Gasteiger partial charge in [-0.05, 0) is 55.8 Å². The third kappa shape index (κ3) is 4.27. The number of rotatable bonds is 6. The zero-order valence-corrected chi connectivity index (χ0v) is 13.5. The van der Waals surface area contributed by atoms with Crippen molar-refractivity contribution in [3.8, 4) is 5.75 Å². The van der Waals surface area contributed by atoms with Crippen molar-refractivity contribution < 1.29 is 21.9 Å². The van der Waals surface area contributed by atoms with E-state index in [1.54, 1.807) is 19.1 Å². The Hall–Kier alpha value is -1.99. The largest absolute Gasteiger partial charge is 0.494 e. The molecule has 2 aromatic rings. The van der Waals surface area contributed by atoms with Gasteiger partial charge in [0.15, 0.2) is 11.6 Å². The van der Waals surface area contributed by atoms with Crippen molar-refractivity contribution in [2.24, 2.45) is 0 Å². The third-order valence-corrected chi connectivity index (χ3v) is 4.78. The van der Waals surface area contributed by atoms with Crippen LogP contribution in [0.5, 0.6) is 5.75 Å². The van der Waals surface area contributed by atoms with Gasteiger partial charge in [0.05, 0.1) is 11.5 Å². The second-order valence-corrected chi connectivity index (χ2v) is 6.63. The van der Waals surface area contributed by atoms with E-state index in [2.05, 4.69) is 4.72 Å². The number of benzene rings is 2. The first-order chi connectivity index (χ1) is 10.8. The van der Waals surface area contributed by atoms with Crippen molar-refractivity contribution >= 4 is 10.0 Å². The molecule has 1 atom stereocenters. The highest BCUT2D eigenvalue weighted by molar-refractivity contribution is 7.89. The smallest absolute Gasteiger partial charge is 0.241 e. The second-order valence-electron chi connectivity index (χ2n) is 4.92. The Morgan fingerprint density at radius 1 is 1.09 bits per heavy atom. The SMILES string of the molecule is CCOc1ccc(S(=O)(=O)NC(C)c2ccc(F)c(F)c2)cc1. The number of nitrogens with one attached hydrogen (secondary N) is 1. The molecule has 1 unspecified atom stereocenters. The van der Waals surface area contributed by atoms with Crippen molar-refractivity contribution in [1.82, 2.24) is 4.72 Å². The fourth-order valence-electron chi connectivity index (χ4n) is 2.03. The number of ether oxygens (including phenoxy) is 1. The molecule has 0 saturated carbocycles. The van der Waals surface area contributed by atoms with E-state index in [9.17, 15) is 17.2 Å². The molecule has 2 aromatic carbocycles. The molecule has 7 heteroatoms. The van der Waals surface area contributed by atoms with Crippen LogP contribution in [0.25, 0.3) is 0 Å². The van der Waals surface area contributed by atoms with E-state index in [1.807, 2.05) is 6.92 Å². The van der Waals surface area contributed by atoms with Crippen LogP contribution in [-0.4, -0.2) is 15.0 Å². The molecule has 0 amide bonds. The van der Waals surface area contributed by atoms with Crippen LogP contribution < -0.4 is 9.46 Å². The summed E-state index contributed by atoms with van der Waals surface area (Å²) >= 11 is 0. The molecule has 0 heterocycles. The van der Waals surface area contributed by atoms with Crippen LogP contribution in [-0.2, 0) is 10.0 Å². The Morgan fingerprint density at radius 2 is 1.74 bits per heavy atom. The van der Waals surface area contributed by atoms with Gasteiger partial charge in [0.2, 0.25) is 10.0 Å². The first-order valence-corrected chi connectivity index (χ1v) is 8.52. The van der Waals surface area contributed by atoms with E-state index in [1.165, 1.54) is 18.2 Å². The summed E-state index contributed by atoms with van der Waals surface area (Å²) in [5.41, 5.74) is 0.332. The lowest BCUT2D eigenvalue weighted by atomic mass is 10.1. The second kappa shape index (κ2) is 7.06. The summed E-state index contributed by atoms with van der Waals surface area (Å²) < 4.78 is 58.5. The fraction of sp³-hybridized carbons (Fsp3) is 0.250. The van der Waals surface area contributed by atoms with Gasteiger partial charge in [-0.25, -0.2) is 21.9 Å². The molecular formula is C16H17F2NO3S. The van der Waals surface area contributed by atoms with Crippen LogP contribution in [0.1, 0.15) is 25.5 Å². The lowest BCUT2D eigenvalue weighted by Crippen LogP contribution is -2.27. The molecule has 23 heavy (non-hydrogen) atoms. The minimum atomic E-state index is -3.78. The van der Waals surface area contributed by atoms with Crippen LogP contribution >= 0.6 is 0 Å². The molecule has 0 aromatic heterocycles. The molecule has 0 fully saturated rings. The van der Waals surface area contributed by atoms with Crippen molar-refractivity contribution in [3.63, 3.8) is 0 Å². The quantitative estimate of drug-likeness (QED) is 0.876. The molecule has 0 aliphatic heterocycles. The predicted octanol–water partition coefficient (Wildman–Crippen LogP) is 3.40. The van der Waals surface area contributed by atoms with E-state index in [0.717, 1.165) is 12.1 Å². The molecule has 2 rings (SSSR count). The topological polar surface area (TPSA) is 55.4 Å². The molecular weight excluding hydrogens is 324 g/mol. The van der Waals surface area contributed by atoms with Gasteiger partial charge in [0, 0.05) is 6.04 Å². The number of hydrogen-bond donors (Lipinski definition) is 1.